The van der Waals surface area contributed by atoms with Gasteiger partial charge in [0.25, 0.3) is 0 Å². The molecule has 8 nitrogen and oxygen atoms in total. The van der Waals surface area contributed by atoms with Crippen LogP contribution in [0.2, 0.25) is 0 Å². The second-order valence-corrected chi connectivity index (χ2v) is 8.14. The van der Waals surface area contributed by atoms with E-state index in [1.165, 1.54) is 0 Å². The third-order valence-electron chi connectivity index (χ3n) is 5.96. The van der Waals surface area contributed by atoms with Gasteiger partial charge in [-0.05, 0) is 54.3 Å². The number of nitrogens with zero attached hydrogens (tertiary/aromatic N) is 6. The van der Waals surface area contributed by atoms with Crippen molar-refractivity contribution < 1.29 is 0 Å². The lowest BCUT2D eigenvalue weighted by atomic mass is 9.85. The summed E-state index contributed by atoms with van der Waals surface area (Å²) in [6.07, 6.45) is 0. The fourth-order valence-corrected chi connectivity index (χ4v) is 4.27. The largest absolute Gasteiger partial charge is 0.239 e. The smallest absolute Gasteiger partial charge is 0.179 e. The van der Waals surface area contributed by atoms with Crippen molar-refractivity contribution in [3.63, 3.8) is 0 Å². The van der Waals surface area contributed by atoms with Crippen LogP contribution in [0.5, 0.6) is 0 Å². The van der Waals surface area contributed by atoms with E-state index in [2.05, 4.69) is 114 Å². The Balaban J connectivity index is 1.57. The SMILES string of the molecule is c1ccc(/C(=C(/c2ccccc2)c2ccc(-c3nnn[nH]3)cc2)c2ccc(-c3nnn[nH]3)cc2)cc1. The van der Waals surface area contributed by atoms with E-state index in [-0.39, 0.29) is 0 Å². The minimum atomic E-state index is 0.632. The summed E-state index contributed by atoms with van der Waals surface area (Å²) in [4.78, 5) is 0. The van der Waals surface area contributed by atoms with Crippen molar-refractivity contribution >= 4 is 11.1 Å². The molecule has 172 valence electrons. The summed E-state index contributed by atoms with van der Waals surface area (Å²) in [5, 5.41) is 28.5. The molecule has 4 aromatic carbocycles. The van der Waals surface area contributed by atoms with Gasteiger partial charge < -0.3 is 0 Å². The van der Waals surface area contributed by atoms with Crippen LogP contribution < -0.4 is 0 Å². The maximum Gasteiger partial charge on any atom is 0.179 e. The number of hydrogen-bond donors (Lipinski definition) is 2. The van der Waals surface area contributed by atoms with Gasteiger partial charge in [0.15, 0.2) is 11.6 Å². The molecule has 0 saturated carbocycles. The summed E-state index contributed by atoms with van der Waals surface area (Å²) < 4.78 is 0. The van der Waals surface area contributed by atoms with E-state index in [0.717, 1.165) is 44.5 Å². The molecule has 36 heavy (non-hydrogen) atoms. The van der Waals surface area contributed by atoms with Gasteiger partial charge >= 0.3 is 0 Å². The lowest BCUT2D eigenvalue weighted by Crippen LogP contribution is -1.98. The number of tetrazole rings is 2. The molecule has 0 aliphatic rings. The zero-order valence-corrected chi connectivity index (χ0v) is 19.1. The van der Waals surface area contributed by atoms with Crippen molar-refractivity contribution in [1.29, 1.82) is 0 Å². The molecule has 2 heterocycles. The number of H-pyrrole nitrogens is 2. The van der Waals surface area contributed by atoms with Crippen LogP contribution in [0.4, 0.5) is 0 Å². The van der Waals surface area contributed by atoms with Gasteiger partial charge in [-0.25, -0.2) is 10.2 Å². The monoisotopic (exact) mass is 468 g/mol. The van der Waals surface area contributed by atoms with Gasteiger partial charge in [-0.2, -0.15) is 0 Å². The predicted octanol–water partition coefficient (Wildman–Crippen LogP) is 5.05. The molecule has 2 N–H and O–H groups in total. The second-order valence-electron chi connectivity index (χ2n) is 8.14. The quantitative estimate of drug-likeness (QED) is 0.331. The van der Waals surface area contributed by atoms with Gasteiger partial charge in [-0.15, -0.1) is 10.2 Å². The first-order valence-electron chi connectivity index (χ1n) is 11.4. The molecule has 0 aliphatic carbocycles. The molecule has 0 amide bonds. The molecule has 6 aromatic rings. The Hall–Kier alpha value is -5.24. The molecule has 0 bridgehead atoms. The van der Waals surface area contributed by atoms with E-state index in [9.17, 15) is 0 Å². The van der Waals surface area contributed by atoms with Crippen LogP contribution in [0.15, 0.2) is 109 Å². The van der Waals surface area contributed by atoms with Crippen LogP contribution >= 0.6 is 0 Å². The molecule has 6 rings (SSSR count). The van der Waals surface area contributed by atoms with Crippen molar-refractivity contribution in [3.05, 3.63) is 131 Å². The highest BCUT2D eigenvalue weighted by molar-refractivity contribution is 6.04. The van der Waals surface area contributed by atoms with E-state index < -0.39 is 0 Å². The molecule has 0 radical (unpaired) electrons. The van der Waals surface area contributed by atoms with E-state index in [1.807, 2.05) is 36.4 Å². The number of benzene rings is 4. The summed E-state index contributed by atoms with van der Waals surface area (Å²) in [6, 6.07) is 37.4. The van der Waals surface area contributed by atoms with Crippen molar-refractivity contribution in [1.82, 2.24) is 41.2 Å². The summed E-state index contributed by atoms with van der Waals surface area (Å²) in [7, 11) is 0. The minimum Gasteiger partial charge on any atom is -0.239 e. The topological polar surface area (TPSA) is 109 Å². The van der Waals surface area contributed by atoms with Crippen LogP contribution in [0, 0.1) is 0 Å². The minimum absolute atomic E-state index is 0.632. The van der Waals surface area contributed by atoms with Crippen LogP contribution in [0.1, 0.15) is 22.3 Å². The zero-order chi connectivity index (χ0) is 24.2. The molecule has 0 atom stereocenters. The highest BCUT2D eigenvalue weighted by Gasteiger charge is 2.17. The molecule has 0 fully saturated rings. The predicted molar refractivity (Wildman–Crippen MR) is 137 cm³/mol. The first-order chi connectivity index (χ1) is 17.9. The standard InChI is InChI=1S/C28H20N8/c1-3-7-19(8-4-1)25(21-11-15-23(16-12-21)27-29-33-34-30-27)26(20-9-5-2-6-10-20)22-13-17-24(18-14-22)28-31-35-36-32-28/h1-18H,(H,29,30,33,34)(H,31,32,35,36)/b26-25+. The first-order valence-corrected chi connectivity index (χ1v) is 11.4. The lowest BCUT2D eigenvalue weighted by Gasteiger charge is -2.18. The summed E-state index contributed by atoms with van der Waals surface area (Å²) in [6.45, 7) is 0. The zero-order valence-electron chi connectivity index (χ0n) is 19.1. The normalized spacial score (nSPS) is 11.8. The number of rotatable bonds is 6. The lowest BCUT2D eigenvalue weighted by molar-refractivity contribution is 0.881. The molecule has 0 saturated heterocycles. The maximum atomic E-state index is 4.03. The summed E-state index contributed by atoms with van der Waals surface area (Å²) in [5.41, 5.74) is 8.49. The first kappa shape index (κ1) is 21.3. The van der Waals surface area contributed by atoms with Crippen molar-refractivity contribution in [2.45, 2.75) is 0 Å². The average Bonchev–Trinajstić information content (AvgIpc) is 3.69. The molecule has 0 unspecified atom stereocenters. The van der Waals surface area contributed by atoms with Gasteiger partial charge in [-0.1, -0.05) is 109 Å². The fourth-order valence-electron chi connectivity index (χ4n) is 4.27. The van der Waals surface area contributed by atoms with Crippen molar-refractivity contribution in [3.8, 4) is 22.8 Å². The Labute approximate surface area is 206 Å². The fraction of sp³-hybridized carbons (Fsp3) is 0. The summed E-state index contributed by atoms with van der Waals surface area (Å²) in [5.74, 6) is 1.26. The van der Waals surface area contributed by atoms with Gasteiger partial charge in [0.2, 0.25) is 0 Å². The average molecular weight is 469 g/mol. The van der Waals surface area contributed by atoms with Gasteiger partial charge in [0, 0.05) is 11.1 Å². The molecule has 2 aromatic heterocycles. The van der Waals surface area contributed by atoms with E-state index in [1.54, 1.807) is 0 Å². The second kappa shape index (κ2) is 9.55. The van der Waals surface area contributed by atoms with Gasteiger partial charge in [-0.3, -0.25) is 0 Å². The third-order valence-corrected chi connectivity index (χ3v) is 5.96. The van der Waals surface area contributed by atoms with Crippen LogP contribution in [0.25, 0.3) is 33.9 Å². The molecular weight excluding hydrogens is 448 g/mol. The highest BCUT2D eigenvalue weighted by Crippen LogP contribution is 2.37. The number of aromatic nitrogens is 8. The van der Waals surface area contributed by atoms with E-state index in [4.69, 9.17) is 0 Å². The molecule has 0 spiro atoms. The summed E-state index contributed by atoms with van der Waals surface area (Å²) >= 11 is 0. The van der Waals surface area contributed by atoms with Crippen LogP contribution in [-0.2, 0) is 0 Å². The third kappa shape index (κ3) is 4.19. The molecule has 8 heteroatoms. The maximum absolute atomic E-state index is 4.03. The van der Waals surface area contributed by atoms with E-state index >= 15 is 0 Å². The number of aromatic amines is 2. The van der Waals surface area contributed by atoms with E-state index in [0.29, 0.717) is 11.6 Å². The van der Waals surface area contributed by atoms with Crippen LogP contribution in [0.3, 0.4) is 0 Å². The Bertz CT molecular complexity index is 1450. The Kier molecular flexibility index (Phi) is 5.65. The Morgan fingerprint density at radius 3 is 1.11 bits per heavy atom. The number of hydrogen-bond acceptors (Lipinski definition) is 6. The van der Waals surface area contributed by atoms with Crippen molar-refractivity contribution in [2.75, 3.05) is 0 Å². The number of nitrogens with one attached hydrogen (secondary N) is 2. The highest BCUT2D eigenvalue weighted by atomic mass is 15.5. The Morgan fingerprint density at radius 1 is 0.417 bits per heavy atom. The van der Waals surface area contributed by atoms with Crippen LogP contribution in [-0.4, -0.2) is 41.2 Å². The Morgan fingerprint density at radius 2 is 0.778 bits per heavy atom. The van der Waals surface area contributed by atoms with Crippen molar-refractivity contribution in [2.24, 2.45) is 0 Å². The van der Waals surface area contributed by atoms with Gasteiger partial charge in [0.05, 0.1) is 0 Å². The molecule has 0 aliphatic heterocycles. The molecular formula is C28H20N8. The van der Waals surface area contributed by atoms with Gasteiger partial charge in [0.1, 0.15) is 0 Å².